The molecule has 2 aromatic carbocycles. The average Bonchev–Trinajstić information content (AvgIpc) is 3.08. The van der Waals surface area contributed by atoms with Crippen molar-refractivity contribution in [2.75, 3.05) is 19.0 Å². The molecule has 0 aliphatic rings. The first-order chi connectivity index (χ1) is 14.9. The van der Waals surface area contributed by atoms with Gasteiger partial charge in [-0.15, -0.1) is 11.3 Å². The second kappa shape index (κ2) is 10.6. The van der Waals surface area contributed by atoms with Crippen molar-refractivity contribution in [3.8, 4) is 16.9 Å². The maximum absolute atomic E-state index is 12.6. The Balaban J connectivity index is 1.78. The lowest BCUT2D eigenvalue weighted by Gasteiger charge is -2.11. The van der Waals surface area contributed by atoms with Crippen LogP contribution in [0.25, 0.3) is 11.1 Å². The highest BCUT2D eigenvalue weighted by molar-refractivity contribution is 9.10. The van der Waals surface area contributed by atoms with Crippen LogP contribution in [0.2, 0.25) is 0 Å². The molecule has 7 heteroatoms. The second-order valence-electron chi connectivity index (χ2n) is 6.95. The minimum absolute atomic E-state index is 0.177. The lowest BCUT2D eigenvalue weighted by molar-refractivity contribution is -0.118. The molecule has 0 aliphatic carbocycles. The summed E-state index contributed by atoms with van der Waals surface area (Å²) in [5.74, 6) is -0.250. The van der Waals surface area contributed by atoms with E-state index in [1.54, 1.807) is 0 Å². The summed E-state index contributed by atoms with van der Waals surface area (Å²) in [6.07, 6.45) is 2.04. The first kappa shape index (κ1) is 23.0. The normalized spacial score (nSPS) is 10.6. The van der Waals surface area contributed by atoms with E-state index in [2.05, 4.69) is 28.2 Å². The predicted octanol–water partition coefficient (Wildman–Crippen LogP) is 6.24. The van der Waals surface area contributed by atoms with Gasteiger partial charge < -0.3 is 14.8 Å². The van der Waals surface area contributed by atoms with Gasteiger partial charge in [-0.25, -0.2) is 4.79 Å². The Labute approximate surface area is 194 Å². The van der Waals surface area contributed by atoms with Crippen LogP contribution in [-0.4, -0.2) is 25.6 Å². The van der Waals surface area contributed by atoms with Gasteiger partial charge in [0.25, 0.3) is 5.91 Å². The van der Waals surface area contributed by atoms with Crippen LogP contribution in [0.15, 0.2) is 53.0 Å². The number of benzene rings is 2. The summed E-state index contributed by atoms with van der Waals surface area (Å²) in [7, 11) is 1.33. The monoisotopic (exact) mass is 501 g/mol. The van der Waals surface area contributed by atoms with Crippen molar-refractivity contribution in [1.82, 2.24) is 0 Å². The largest absolute Gasteiger partial charge is 0.483 e. The van der Waals surface area contributed by atoms with Crippen LogP contribution >= 0.6 is 27.3 Å². The Morgan fingerprint density at radius 1 is 1.13 bits per heavy atom. The number of thiophene rings is 1. The SMILES string of the molecule is CCCc1ccc(OCC(=O)Nc2sc(C)c(-c3ccccc3)c2C(=O)OC)c(Br)c1. The van der Waals surface area contributed by atoms with E-state index < -0.39 is 5.97 Å². The molecule has 1 aromatic heterocycles. The third-order valence-corrected chi connectivity index (χ3v) is 6.32. The van der Waals surface area contributed by atoms with Gasteiger partial charge in [-0.2, -0.15) is 0 Å². The van der Waals surface area contributed by atoms with Gasteiger partial charge in [0, 0.05) is 10.4 Å². The van der Waals surface area contributed by atoms with Crippen molar-refractivity contribution in [3.05, 3.63) is 69.0 Å². The van der Waals surface area contributed by atoms with Crippen molar-refractivity contribution in [1.29, 1.82) is 0 Å². The summed E-state index contributed by atoms with van der Waals surface area (Å²) in [4.78, 5) is 26.0. The molecule has 0 bridgehead atoms. The van der Waals surface area contributed by atoms with E-state index in [1.807, 2.05) is 55.5 Å². The number of aryl methyl sites for hydroxylation is 2. The van der Waals surface area contributed by atoms with E-state index in [0.29, 0.717) is 16.3 Å². The summed E-state index contributed by atoms with van der Waals surface area (Å²) in [6.45, 7) is 3.87. The van der Waals surface area contributed by atoms with E-state index in [-0.39, 0.29) is 12.5 Å². The van der Waals surface area contributed by atoms with Crippen LogP contribution in [0.4, 0.5) is 5.00 Å². The van der Waals surface area contributed by atoms with Crippen LogP contribution < -0.4 is 10.1 Å². The zero-order chi connectivity index (χ0) is 22.4. The maximum atomic E-state index is 12.6. The molecule has 3 aromatic rings. The molecule has 31 heavy (non-hydrogen) atoms. The summed E-state index contributed by atoms with van der Waals surface area (Å²) in [5.41, 5.74) is 3.22. The minimum Gasteiger partial charge on any atom is -0.483 e. The van der Waals surface area contributed by atoms with Crippen molar-refractivity contribution < 1.29 is 19.1 Å². The number of halogens is 1. The predicted molar refractivity (Wildman–Crippen MR) is 128 cm³/mol. The van der Waals surface area contributed by atoms with E-state index in [0.717, 1.165) is 33.3 Å². The van der Waals surface area contributed by atoms with Crippen LogP contribution in [0, 0.1) is 6.92 Å². The van der Waals surface area contributed by atoms with Gasteiger partial charge in [0.15, 0.2) is 6.61 Å². The van der Waals surface area contributed by atoms with Gasteiger partial charge in [0.1, 0.15) is 16.3 Å². The van der Waals surface area contributed by atoms with Crippen LogP contribution in [0.1, 0.15) is 34.1 Å². The van der Waals surface area contributed by atoms with Gasteiger partial charge in [-0.3, -0.25) is 4.79 Å². The molecule has 162 valence electrons. The van der Waals surface area contributed by atoms with Gasteiger partial charge in [0.05, 0.1) is 11.6 Å². The number of hydrogen-bond donors (Lipinski definition) is 1. The Bertz CT molecular complexity index is 1080. The maximum Gasteiger partial charge on any atom is 0.341 e. The molecular weight excluding hydrogens is 478 g/mol. The average molecular weight is 502 g/mol. The highest BCUT2D eigenvalue weighted by Gasteiger charge is 2.25. The first-order valence-corrected chi connectivity index (χ1v) is 11.5. The summed E-state index contributed by atoms with van der Waals surface area (Å²) >= 11 is 4.84. The molecule has 1 amide bonds. The molecule has 0 unspecified atom stereocenters. The van der Waals surface area contributed by atoms with Crippen LogP contribution in [0.3, 0.4) is 0 Å². The third kappa shape index (κ3) is 5.54. The van der Waals surface area contributed by atoms with Crippen molar-refractivity contribution in [2.24, 2.45) is 0 Å². The van der Waals surface area contributed by atoms with Gasteiger partial charge in [-0.1, -0.05) is 49.7 Å². The van der Waals surface area contributed by atoms with Crippen molar-refractivity contribution in [3.63, 3.8) is 0 Å². The highest BCUT2D eigenvalue weighted by atomic mass is 79.9. The summed E-state index contributed by atoms with van der Waals surface area (Å²) in [5, 5.41) is 3.27. The highest BCUT2D eigenvalue weighted by Crippen LogP contribution is 2.40. The van der Waals surface area contributed by atoms with E-state index >= 15 is 0 Å². The van der Waals surface area contributed by atoms with Crippen molar-refractivity contribution >= 4 is 44.1 Å². The molecule has 0 spiro atoms. The summed E-state index contributed by atoms with van der Waals surface area (Å²) in [6, 6.07) is 15.4. The number of ether oxygens (including phenoxy) is 2. The quantitative estimate of drug-likeness (QED) is 0.370. The molecule has 3 rings (SSSR count). The van der Waals surface area contributed by atoms with E-state index in [9.17, 15) is 9.59 Å². The number of methoxy groups -OCH3 is 1. The van der Waals surface area contributed by atoms with E-state index in [1.165, 1.54) is 24.0 Å². The molecule has 0 fully saturated rings. The lowest BCUT2D eigenvalue weighted by atomic mass is 10.0. The Morgan fingerprint density at radius 3 is 2.52 bits per heavy atom. The standard InChI is InChI=1S/C24H24BrNO4S/c1-4-8-16-11-12-19(18(25)13-16)30-14-20(27)26-23-22(24(28)29-3)21(15(2)31-23)17-9-6-5-7-10-17/h5-7,9-13H,4,8,14H2,1-3H3,(H,26,27). The molecule has 0 saturated carbocycles. The minimum atomic E-state index is -0.492. The van der Waals surface area contributed by atoms with Gasteiger partial charge in [0.2, 0.25) is 0 Å². The number of nitrogens with one attached hydrogen (secondary N) is 1. The fraction of sp³-hybridized carbons (Fsp3) is 0.250. The van der Waals surface area contributed by atoms with Gasteiger partial charge >= 0.3 is 5.97 Å². The molecule has 1 N–H and O–H groups in total. The fourth-order valence-electron chi connectivity index (χ4n) is 3.29. The number of anilines is 1. The number of carbonyl (C=O) groups is 2. The first-order valence-electron chi connectivity index (χ1n) is 9.92. The van der Waals surface area contributed by atoms with Crippen molar-refractivity contribution in [2.45, 2.75) is 26.7 Å². The third-order valence-electron chi connectivity index (χ3n) is 4.68. The van der Waals surface area contributed by atoms with Gasteiger partial charge in [-0.05, 0) is 52.5 Å². The second-order valence-corrected chi connectivity index (χ2v) is 9.03. The lowest BCUT2D eigenvalue weighted by Crippen LogP contribution is -2.21. The number of esters is 1. The number of amides is 1. The smallest absolute Gasteiger partial charge is 0.341 e. The zero-order valence-corrected chi connectivity index (χ0v) is 20.1. The number of carbonyl (C=O) groups excluding carboxylic acids is 2. The molecule has 0 saturated heterocycles. The molecule has 0 radical (unpaired) electrons. The molecule has 1 heterocycles. The molecule has 0 aliphatic heterocycles. The zero-order valence-electron chi connectivity index (χ0n) is 17.7. The molecular formula is C24H24BrNO4S. The molecule has 0 atom stereocenters. The molecule has 5 nitrogen and oxygen atoms in total. The number of hydrogen-bond acceptors (Lipinski definition) is 5. The van der Waals surface area contributed by atoms with Crippen LogP contribution in [0.5, 0.6) is 5.75 Å². The number of rotatable bonds is 8. The van der Waals surface area contributed by atoms with Crippen LogP contribution in [-0.2, 0) is 16.0 Å². The Hall–Kier alpha value is -2.64. The Morgan fingerprint density at radius 2 is 1.87 bits per heavy atom. The fourth-order valence-corrected chi connectivity index (χ4v) is 4.91. The Kier molecular flexibility index (Phi) is 7.87. The van der Waals surface area contributed by atoms with E-state index in [4.69, 9.17) is 9.47 Å². The topological polar surface area (TPSA) is 64.6 Å². The summed E-state index contributed by atoms with van der Waals surface area (Å²) < 4.78 is 11.5.